The Morgan fingerprint density at radius 2 is 1.94 bits per heavy atom. The number of aliphatic hydroxyl groups is 1. The van der Waals surface area contributed by atoms with Gasteiger partial charge in [-0.05, 0) is 48.2 Å². The molecule has 2 rings (SSSR count). The van der Waals surface area contributed by atoms with Gasteiger partial charge in [0, 0.05) is 11.9 Å². The number of aromatic nitrogens is 1. The Bertz CT molecular complexity index is 506. The molecule has 0 saturated carbocycles. The van der Waals surface area contributed by atoms with Crippen molar-refractivity contribution in [3.8, 4) is 11.1 Å². The van der Waals surface area contributed by atoms with Gasteiger partial charge < -0.3 is 5.11 Å². The second-order valence-corrected chi connectivity index (χ2v) is 3.99. The number of hydrogen-bond acceptors (Lipinski definition) is 2. The van der Waals surface area contributed by atoms with Crippen molar-refractivity contribution in [3.05, 3.63) is 53.3 Å². The van der Waals surface area contributed by atoms with E-state index in [2.05, 4.69) is 24.0 Å². The molecule has 0 bridgehead atoms. The van der Waals surface area contributed by atoms with Crippen LogP contribution in [-0.4, -0.2) is 10.1 Å². The molecule has 0 aliphatic rings. The van der Waals surface area contributed by atoms with Crippen LogP contribution in [0.15, 0.2) is 36.5 Å². The molecule has 0 radical (unpaired) electrons. The van der Waals surface area contributed by atoms with Gasteiger partial charge in [0.2, 0.25) is 0 Å². The van der Waals surface area contributed by atoms with Gasteiger partial charge in [0.25, 0.3) is 0 Å². The molecular weight excluding hydrogens is 198 g/mol. The molecule has 1 heterocycles. The van der Waals surface area contributed by atoms with Crippen molar-refractivity contribution in [2.75, 3.05) is 0 Å². The molecule has 82 valence electrons. The Hall–Kier alpha value is -1.67. The highest BCUT2D eigenvalue weighted by atomic mass is 16.3. The quantitative estimate of drug-likeness (QED) is 0.832. The normalized spacial score (nSPS) is 10.4. The highest BCUT2D eigenvalue weighted by Gasteiger charge is 2.03. The average molecular weight is 213 g/mol. The topological polar surface area (TPSA) is 33.1 Å². The minimum absolute atomic E-state index is 0.0937. The van der Waals surface area contributed by atoms with Crippen molar-refractivity contribution < 1.29 is 5.11 Å². The second kappa shape index (κ2) is 4.45. The summed E-state index contributed by atoms with van der Waals surface area (Å²) in [4.78, 5) is 4.19. The van der Waals surface area contributed by atoms with Crippen LogP contribution < -0.4 is 0 Å². The Morgan fingerprint density at radius 3 is 2.56 bits per heavy atom. The first kappa shape index (κ1) is 10.8. The standard InChI is InChI=1S/C14H15NO/c1-10-7-12(9-16)3-4-14(10)13-5-6-15-11(2)8-13/h3-8,16H,9H2,1-2H3. The molecular formula is C14H15NO. The molecule has 2 nitrogen and oxygen atoms in total. The van der Waals surface area contributed by atoms with Crippen LogP contribution in [-0.2, 0) is 6.61 Å². The maximum Gasteiger partial charge on any atom is 0.0681 e. The first-order valence-electron chi connectivity index (χ1n) is 5.34. The summed E-state index contributed by atoms with van der Waals surface area (Å²) in [5, 5.41) is 9.06. The fraction of sp³-hybridized carbons (Fsp3) is 0.214. The Kier molecular flexibility index (Phi) is 3.02. The van der Waals surface area contributed by atoms with Crippen molar-refractivity contribution in [2.45, 2.75) is 20.5 Å². The summed E-state index contributed by atoms with van der Waals surface area (Å²) in [6, 6.07) is 10.1. The van der Waals surface area contributed by atoms with E-state index < -0.39 is 0 Å². The molecule has 0 saturated heterocycles. The molecule has 0 unspecified atom stereocenters. The Balaban J connectivity index is 2.48. The van der Waals surface area contributed by atoms with E-state index in [0.717, 1.165) is 11.3 Å². The van der Waals surface area contributed by atoms with E-state index in [9.17, 15) is 0 Å². The van der Waals surface area contributed by atoms with E-state index in [1.165, 1.54) is 16.7 Å². The molecule has 1 N–H and O–H groups in total. The van der Waals surface area contributed by atoms with Crippen molar-refractivity contribution in [2.24, 2.45) is 0 Å². The van der Waals surface area contributed by atoms with Gasteiger partial charge in [-0.3, -0.25) is 4.98 Å². The summed E-state index contributed by atoms with van der Waals surface area (Å²) in [5.41, 5.74) is 5.52. The Labute approximate surface area is 95.6 Å². The molecule has 0 aliphatic carbocycles. The Morgan fingerprint density at radius 1 is 1.12 bits per heavy atom. The van der Waals surface area contributed by atoms with Crippen molar-refractivity contribution in [1.29, 1.82) is 0 Å². The van der Waals surface area contributed by atoms with E-state index >= 15 is 0 Å². The third kappa shape index (κ3) is 2.12. The number of aryl methyl sites for hydroxylation is 2. The van der Waals surface area contributed by atoms with Gasteiger partial charge in [-0.25, -0.2) is 0 Å². The van der Waals surface area contributed by atoms with E-state index in [1.54, 1.807) is 0 Å². The van der Waals surface area contributed by atoms with Crippen LogP contribution in [0.5, 0.6) is 0 Å². The highest BCUT2D eigenvalue weighted by Crippen LogP contribution is 2.24. The molecule has 1 aromatic heterocycles. The molecule has 0 amide bonds. The van der Waals surface area contributed by atoms with Gasteiger partial charge in [0.1, 0.15) is 0 Å². The maximum absolute atomic E-state index is 9.06. The number of hydrogen-bond donors (Lipinski definition) is 1. The zero-order valence-corrected chi connectivity index (χ0v) is 9.57. The van der Waals surface area contributed by atoms with Gasteiger partial charge in [0.15, 0.2) is 0 Å². The molecule has 16 heavy (non-hydrogen) atoms. The fourth-order valence-electron chi connectivity index (χ4n) is 1.86. The number of benzene rings is 1. The van der Waals surface area contributed by atoms with E-state index in [4.69, 9.17) is 5.11 Å². The summed E-state index contributed by atoms with van der Waals surface area (Å²) in [6.45, 7) is 4.14. The smallest absolute Gasteiger partial charge is 0.0681 e. The van der Waals surface area contributed by atoms with Crippen LogP contribution in [0.25, 0.3) is 11.1 Å². The van der Waals surface area contributed by atoms with E-state index in [-0.39, 0.29) is 6.61 Å². The molecule has 0 spiro atoms. The monoisotopic (exact) mass is 213 g/mol. The van der Waals surface area contributed by atoms with Crippen LogP contribution in [0, 0.1) is 13.8 Å². The van der Waals surface area contributed by atoms with Gasteiger partial charge in [0.05, 0.1) is 6.61 Å². The third-order valence-electron chi connectivity index (χ3n) is 2.68. The van der Waals surface area contributed by atoms with Crippen LogP contribution in [0.2, 0.25) is 0 Å². The molecule has 0 atom stereocenters. The van der Waals surface area contributed by atoms with Crippen LogP contribution in [0.3, 0.4) is 0 Å². The molecule has 2 heteroatoms. The summed E-state index contributed by atoms with van der Waals surface area (Å²) in [5.74, 6) is 0. The summed E-state index contributed by atoms with van der Waals surface area (Å²) in [7, 11) is 0. The number of pyridine rings is 1. The van der Waals surface area contributed by atoms with Crippen LogP contribution in [0.4, 0.5) is 0 Å². The predicted molar refractivity (Wildman–Crippen MR) is 65.1 cm³/mol. The van der Waals surface area contributed by atoms with Crippen LogP contribution >= 0.6 is 0 Å². The number of nitrogens with zero attached hydrogens (tertiary/aromatic N) is 1. The number of aliphatic hydroxyl groups excluding tert-OH is 1. The molecule has 0 aliphatic heterocycles. The van der Waals surface area contributed by atoms with E-state index in [0.29, 0.717) is 0 Å². The first-order valence-corrected chi connectivity index (χ1v) is 5.34. The average Bonchev–Trinajstić information content (AvgIpc) is 2.28. The molecule has 0 fully saturated rings. The largest absolute Gasteiger partial charge is 0.392 e. The zero-order chi connectivity index (χ0) is 11.5. The maximum atomic E-state index is 9.06. The summed E-state index contributed by atoms with van der Waals surface area (Å²) < 4.78 is 0. The van der Waals surface area contributed by atoms with Gasteiger partial charge in [-0.1, -0.05) is 18.2 Å². The third-order valence-corrected chi connectivity index (χ3v) is 2.68. The van der Waals surface area contributed by atoms with Crippen molar-refractivity contribution >= 4 is 0 Å². The summed E-state index contributed by atoms with van der Waals surface area (Å²) >= 11 is 0. The minimum atomic E-state index is 0.0937. The van der Waals surface area contributed by atoms with Crippen molar-refractivity contribution in [3.63, 3.8) is 0 Å². The lowest BCUT2D eigenvalue weighted by molar-refractivity contribution is 0.282. The second-order valence-electron chi connectivity index (χ2n) is 3.99. The lowest BCUT2D eigenvalue weighted by Crippen LogP contribution is -1.89. The summed E-state index contributed by atoms with van der Waals surface area (Å²) in [6.07, 6.45) is 1.82. The minimum Gasteiger partial charge on any atom is -0.392 e. The molecule has 1 aromatic carbocycles. The van der Waals surface area contributed by atoms with Gasteiger partial charge in [-0.15, -0.1) is 0 Å². The predicted octanol–water partition coefficient (Wildman–Crippen LogP) is 2.86. The van der Waals surface area contributed by atoms with E-state index in [1.807, 2.05) is 31.3 Å². The number of rotatable bonds is 2. The van der Waals surface area contributed by atoms with Gasteiger partial charge in [-0.2, -0.15) is 0 Å². The molecule has 2 aromatic rings. The van der Waals surface area contributed by atoms with Crippen molar-refractivity contribution in [1.82, 2.24) is 4.98 Å². The first-order chi connectivity index (χ1) is 7.70. The van der Waals surface area contributed by atoms with Crippen LogP contribution in [0.1, 0.15) is 16.8 Å². The SMILES string of the molecule is Cc1cc(-c2ccc(CO)cc2C)ccn1. The lowest BCUT2D eigenvalue weighted by atomic mass is 9.99. The zero-order valence-electron chi connectivity index (χ0n) is 9.57. The fourth-order valence-corrected chi connectivity index (χ4v) is 1.86. The lowest BCUT2D eigenvalue weighted by Gasteiger charge is -2.08. The van der Waals surface area contributed by atoms with Gasteiger partial charge >= 0.3 is 0 Å². The highest BCUT2D eigenvalue weighted by molar-refractivity contribution is 5.67.